The van der Waals surface area contributed by atoms with Crippen LogP contribution in [0.5, 0.6) is 5.75 Å². The standard InChI is InChI=1S/C24H20N2O3S2/c1-29-19-10-13-21-18(15-19)9-14-22-23(21)25-24(30-22)26-31(27,28)20-11-7-17(8-12-20)16-5-3-2-4-6-16/h2-8,10-13,15H,9,14H2,1H3,(H,25,26). The highest BCUT2D eigenvalue weighted by Gasteiger charge is 2.24. The van der Waals surface area contributed by atoms with E-state index >= 15 is 0 Å². The predicted octanol–water partition coefficient (Wildman–Crippen LogP) is 5.39. The topological polar surface area (TPSA) is 68.3 Å². The SMILES string of the molecule is COc1ccc2c(c1)CCc1sc(NS(=O)(=O)c3ccc(-c4ccccc4)cc3)nc1-2. The number of nitrogens with one attached hydrogen (secondary N) is 1. The van der Waals surface area contributed by atoms with Crippen LogP contribution < -0.4 is 9.46 Å². The molecule has 5 rings (SSSR count). The van der Waals surface area contributed by atoms with Gasteiger partial charge < -0.3 is 4.74 Å². The highest BCUT2D eigenvalue weighted by Crippen LogP contribution is 2.39. The lowest BCUT2D eigenvalue weighted by Crippen LogP contribution is -2.12. The van der Waals surface area contributed by atoms with Crippen LogP contribution in [0.25, 0.3) is 22.4 Å². The first kappa shape index (κ1) is 19.8. The molecule has 0 atom stereocenters. The molecule has 1 aromatic heterocycles. The molecule has 0 fully saturated rings. The summed E-state index contributed by atoms with van der Waals surface area (Å²) in [5.74, 6) is 0.817. The first-order chi connectivity index (χ1) is 15.0. The minimum atomic E-state index is -3.72. The number of aromatic nitrogens is 1. The summed E-state index contributed by atoms with van der Waals surface area (Å²) >= 11 is 1.40. The van der Waals surface area contributed by atoms with Crippen molar-refractivity contribution >= 4 is 26.5 Å². The first-order valence-corrected chi connectivity index (χ1v) is 12.2. The molecule has 1 aliphatic rings. The third-order valence-electron chi connectivity index (χ3n) is 5.38. The Hall–Kier alpha value is -3.16. The Morgan fingerprint density at radius 3 is 2.42 bits per heavy atom. The normalized spacial score (nSPS) is 12.7. The average molecular weight is 449 g/mol. The van der Waals surface area contributed by atoms with Crippen molar-refractivity contribution in [1.82, 2.24) is 4.98 Å². The molecule has 1 aliphatic carbocycles. The fourth-order valence-electron chi connectivity index (χ4n) is 3.79. The van der Waals surface area contributed by atoms with Crippen molar-refractivity contribution in [3.8, 4) is 28.1 Å². The lowest BCUT2D eigenvalue weighted by Gasteiger charge is -2.15. The minimum Gasteiger partial charge on any atom is -0.497 e. The number of hydrogen-bond donors (Lipinski definition) is 1. The number of fused-ring (bicyclic) bond motifs is 3. The van der Waals surface area contributed by atoms with Crippen molar-refractivity contribution in [2.45, 2.75) is 17.7 Å². The van der Waals surface area contributed by atoms with E-state index < -0.39 is 10.0 Å². The number of nitrogens with zero attached hydrogens (tertiary/aromatic N) is 1. The second-order valence-electron chi connectivity index (χ2n) is 7.31. The molecule has 3 aromatic carbocycles. The van der Waals surface area contributed by atoms with E-state index in [9.17, 15) is 8.42 Å². The van der Waals surface area contributed by atoms with Crippen molar-refractivity contribution < 1.29 is 13.2 Å². The van der Waals surface area contributed by atoms with E-state index in [0.29, 0.717) is 5.13 Å². The zero-order valence-corrected chi connectivity index (χ0v) is 18.5. The van der Waals surface area contributed by atoms with E-state index in [1.807, 2.05) is 60.7 Å². The number of rotatable bonds is 5. The number of benzene rings is 3. The number of thiazole rings is 1. The molecule has 0 aliphatic heterocycles. The lowest BCUT2D eigenvalue weighted by molar-refractivity contribution is 0.414. The molecule has 0 saturated heterocycles. The fourth-order valence-corrected chi connectivity index (χ4v) is 6.00. The second kappa shape index (κ2) is 7.83. The molecule has 0 saturated carbocycles. The molecular formula is C24H20N2O3S2. The van der Waals surface area contributed by atoms with Gasteiger partial charge in [-0.05, 0) is 59.9 Å². The summed E-state index contributed by atoms with van der Waals surface area (Å²) in [4.78, 5) is 5.92. The van der Waals surface area contributed by atoms with Crippen LogP contribution in [0.2, 0.25) is 0 Å². The van der Waals surface area contributed by atoms with E-state index in [2.05, 4.69) is 9.71 Å². The summed E-state index contributed by atoms with van der Waals surface area (Å²) in [6, 6.07) is 22.7. The summed E-state index contributed by atoms with van der Waals surface area (Å²) in [5.41, 5.74) is 5.07. The highest BCUT2D eigenvalue weighted by molar-refractivity contribution is 7.93. The molecule has 5 nitrogen and oxygen atoms in total. The zero-order chi connectivity index (χ0) is 21.4. The molecular weight excluding hydrogens is 428 g/mol. The Labute approximate surface area is 185 Å². The van der Waals surface area contributed by atoms with Crippen molar-refractivity contribution in [2.24, 2.45) is 0 Å². The van der Waals surface area contributed by atoms with Crippen molar-refractivity contribution in [3.05, 3.63) is 83.2 Å². The van der Waals surface area contributed by atoms with Gasteiger partial charge in [-0.1, -0.05) is 42.5 Å². The second-order valence-corrected chi connectivity index (χ2v) is 10.1. The Morgan fingerprint density at radius 2 is 1.68 bits per heavy atom. The molecule has 156 valence electrons. The summed E-state index contributed by atoms with van der Waals surface area (Å²) in [6.07, 6.45) is 1.72. The minimum absolute atomic E-state index is 0.213. The van der Waals surface area contributed by atoms with E-state index in [1.165, 1.54) is 16.9 Å². The van der Waals surface area contributed by atoms with Gasteiger partial charge in [-0.3, -0.25) is 4.72 Å². The Kier molecular flexibility index (Phi) is 5.00. The maximum absolute atomic E-state index is 12.9. The van der Waals surface area contributed by atoms with Crippen LogP contribution >= 0.6 is 11.3 Å². The Balaban J connectivity index is 1.41. The fraction of sp³-hybridized carbons (Fsp3) is 0.125. The van der Waals surface area contributed by atoms with Gasteiger partial charge in [0.25, 0.3) is 10.0 Å². The molecule has 4 aromatic rings. The van der Waals surface area contributed by atoms with Crippen LogP contribution in [0.3, 0.4) is 0 Å². The number of hydrogen-bond acceptors (Lipinski definition) is 5. The van der Waals surface area contributed by atoms with E-state index in [4.69, 9.17) is 4.74 Å². The maximum atomic E-state index is 12.9. The summed E-state index contributed by atoms with van der Waals surface area (Å²) in [5, 5.41) is 0.390. The molecule has 0 bridgehead atoms. The van der Waals surface area contributed by atoms with Gasteiger partial charge in [-0.2, -0.15) is 0 Å². The zero-order valence-electron chi connectivity index (χ0n) is 16.8. The van der Waals surface area contributed by atoms with Gasteiger partial charge >= 0.3 is 0 Å². The van der Waals surface area contributed by atoms with Crippen LogP contribution in [0.4, 0.5) is 5.13 Å². The third-order valence-corrected chi connectivity index (χ3v) is 7.89. The van der Waals surface area contributed by atoms with Gasteiger partial charge in [0.2, 0.25) is 0 Å². The van der Waals surface area contributed by atoms with Gasteiger partial charge in [0.05, 0.1) is 17.7 Å². The Bertz CT molecular complexity index is 1350. The predicted molar refractivity (Wildman–Crippen MR) is 124 cm³/mol. The van der Waals surface area contributed by atoms with Gasteiger partial charge in [-0.15, -0.1) is 11.3 Å². The smallest absolute Gasteiger partial charge is 0.263 e. The molecule has 0 unspecified atom stereocenters. The monoisotopic (exact) mass is 448 g/mol. The van der Waals surface area contributed by atoms with Crippen molar-refractivity contribution in [2.75, 3.05) is 11.8 Å². The van der Waals surface area contributed by atoms with Gasteiger partial charge in [0.15, 0.2) is 5.13 Å². The average Bonchev–Trinajstić information content (AvgIpc) is 3.21. The van der Waals surface area contributed by atoms with Gasteiger partial charge in [0, 0.05) is 10.4 Å². The summed E-state index contributed by atoms with van der Waals surface area (Å²) < 4.78 is 33.8. The molecule has 1 heterocycles. The highest BCUT2D eigenvalue weighted by atomic mass is 32.2. The number of methoxy groups -OCH3 is 1. The maximum Gasteiger partial charge on any atom is 0.263 e. The number of aryl methyl sites for hydroxylation is 2. The van der Waals surface area contributed by atoms with Crippen LogP contribution in [-0.4, -0.2) is 20.5 Å². The number of ether oxygens (including phenoxy) is 1. The van der Waals surface area contributed by atoms with E-state index in [-0.39, 0.29) is 4.90 Å². The summed E-state index contributed by atoms with van der Waals surface area (Å²) in [7, 11) is -2.07. The van der Waals surface area contributed by atoms with Crippen LogP contribution in [0.1, 0.15) is 10.4 Å². The third kappa shape index (κ3) is 3.82. The van der Waals surface area contributed by atoms with Crippen molar-refractivity contribution in [1.29, 1.82) is 0 Å². The molecule has 0 radical (unpaired) electrons. The van der Waals surface area contributed by atoms with Crippen LogP contribution in [0.15, 0.2) is 77.7 Å². The molecule has 0 amide bonds. The van der Waals surface area contributed by atoms with Crippen LogP contribution in [0, 0.1) is 0 Å². The first-order valence-electron chi connectivity index (χ1n) is 9.89. The van der Waals surface area contributed by atoms with E-state index in [0.717, 1.165) is 45.9 Å². The van der Waals surface area contributed by atoms with Gasteiger partial charge in [0.1, 0.15) is 5.75 Å². The van der Waals surface area contributed by atoms with Crippen LogP contribution in [-0.2, 0) is 22.9 Å². The Morgan fingerprint density at radius 1 is 0.935 bits per heavy atom. The molecule has 7 heteroatoms. The summed E-state index contributed by atoms with van der Waals surface area (Å²) in [6.45, 7) is 0. The van der Waals surface area contributed by atoms with Crippen molar-refractivity contribution in [3.63, 3.8) is 0 Å². The van der Waals surface area contributed by atoms with E-state index in [1.54, 1.807) is 19.2 Å². The molecule has 31 heavy (non-hydrogen) atoms. The molecule has 0 spiro atoms. The number of anilines is 1. The quantitative estimate of drug-likeness (QED) is 0.445. The number of sulfonamides is 1. The lowest BCUT2D eigenvalue weighted by atomic mass is 9.93. The molecule has 1 N–H and O–H groups in total. The van der Waals surface area contributed by atoms with Gasteiger partial charge in [-0.25, -0.2) is 13.4 Å². The largest absolute Gasteiger partial charge is 0.497 e.